The number of unbranched alkanes of at least 4 members (excludes halogenated alkanes) is 3. The van der Waals surface area contributed by atoms with Gasteiger partial charge in [0, 0.05) is 5.41 Å². The molecular formula is C12H23NO. The molecule has 14 heavy (non-hydrogen) atoms. The summed E-state index contributed by atoms with van der Waals surface area (Å²) >= 11 is 0. The number of amides is 1. The van der Waals surface area contributed by atoms with Crippen molar-refractivity contribution in [2.75, 3.05) is 0 Å². The third-order valence-corrected chi connectivity index (χ3v) is 1.99. The average Bonchev–Trinajstić information content (AvgIpc) is 2.09. The summed E-state index contributed by atoms with van der Waals surface area (Å²) in [7, 11) is 0. The number of hydrogen-bond donors (Lipinski definition) is 1. The van der Waals surface area contributed by atoms with E-state index >= 15 is 0 Å². The van der Waals surface area contributed by atoms with Gasteiger partial charge in [0.25, 0.3) is 0 Å². The van der Waals surface area contributed by atoms with Gasteiger partial charge in [-0.25, -0.2) is 0 Å². The van der Waals surface area contributed by atoms with Gasteiger partial charge in [-0.05, 0) is 19.0 Å². The molecule has 0 aromatic heterocycles. The van der Waals surface area contributed by atoms with E-state index in [4.69, 9.17) is 0 Å². The second kappa shape index (κ2) is 6.63. The van der Waals surface area contributed by atoms with E-state index in [2.05, 4.69) is 12.2 Å². The maximum Gasteiger partial charge on any atom is 0.229 e. The molecule has 0 aliphatic rings. The van der Waals surface area contributed by atoms with Crippen molar-refractivity contribution in [1.82, 2.24) is 5.32 Å². The Bertz CT molecular complexity index is 189. The molecule has 1 N–H and O–H groups in total. The first kappa shape index (κ1) is 13.2. The second-order valence-electron chi connectivity index (χ2n) is 4.62. The minimum atomic E-state index is -0.298. The average molecular weight is 197 g/mol. The van der Waals surface area contributed by atoms with Gasteiger partial charge >= 0.3 is 0 Å². The SMILES string of the molecule is CCCCC/C=C/NC(=O)C(C)(C)C. The van der Waals surface area contributed by atoms with Crippen molar-refractivity contribution in [3.8, 4) is 0 Å². The number of nitrogens with one attached hydrogen (secondary N) is 1. The van der Waals surface area contributed by atoms with Gasteiger partial charge in [-0.1, -0.05) is 46.6 Å². The fourth-order valence-corrected chi connectivity index (χ4v) is 0.947. The van der Waals surface area contributed by atoms with Crippen molar-refractivity contribution >= 4 is 5.91 Å². The summed E-state index contributed by atoms with van der Waals surface area (Å²) < 4.78 is 0. The Labute approximate surface area is 87.8 Å². The van der Waals surface area contributed by atoms with Gasteiger partial charge in [-0.3, -0.25) is 4.79 Å². The summed E-state index contributed by atoms with van der Waals surface area (Å²) in [5, 5.41) is 2.78. The highest BCUT2D eigenvalue weighted by Gasteiger charge is 2.19. The predicted octanol–water partition coefficient (Wildman–Crippen LogP) is 3.24. The molecule has 0 aliphatic carbocycles. The highest BCUT2D eigenvalue weighted by atomic mass is 16.2. The molecule has 0 saturated carbocycles. The van der Waals surface area contributed by atoms with Crippen LogP contribution in [0.25, 0.3) is 0 Å². The van der Waals surface area contributed by atoms with Gasteiger partial charge in [0.15, 0.2) is 0 Å². The molecule has 0 fully saturated rings. The van der Waals surface area contributed by atoms with Gasteiger partial charge in [0.1, 0.15) is 0 Å². The van der Waals surface area contributed by atoms with E-state index in [1.54, 1.807) is 6.20 Å². The molecular weight excluding hydrogens is 174 g/mol. The first-order chi connectivity index (χ1) is 6.48. The Hall–Kier alpha value is -0.790. The fourth-order valence-electron chi connectivity index (χ4n) is 0.947. The number of hydrogen-bond acceptors (Lipinski definition) is 1. The molecule has 0 heterocycles. The molecule has 1 amide bonds. The van der Waals surface area contributed by atoms with Gasteiger partial charge in [-0.2, -0.15) is 0 Å². The Morgan fingerprint density at radius 2 is 1.93 bits per heavy atom. The summed E-state index contributed by atoms with van der Waals surface area (Å²) in [6, 6.07) is 0. The molecule has 0 radical (unpaired) electrons. The topological polar surface area (TPSA) is 29.1 Å². The van der Waals surface area contributed by atoms with Crippen molar-refractivity contribution < 1.29 is 4.79 Å². The maximum atomic E-state index is 11.4. The highest BCUT2D eigenvalue weighted by Crippen LogP contribution is 2.12. The molecule has 0 aromatic carbocycles. The fraction of sp³-hybridized carbons (Fsp3) is 0.750. The third kappa shape index (κ3) is 6.70. The molecule has 0 aliphatic heterocycles. The normalized spacial score (nSPS) is 12.0. The zero-order valence-corrected chi connectivity index (χ0v) is 9.89. The Balaban J connectivity index is 3.57. The van der Waals surface area contributed by atoms with E-state index in [1.165, 1.54) is 19.3 Å². The van der Waals surface area contributed by atoms with Crippen LogP contribution < -0.4 is 5.32 Å². The largest absolute Gasteiger partial charge is 0.333 e. The first-order valence-corrected chi connectivity index (χ1v) is 5.44. The lowest BCUT2D eigenvalue weighted by Crippen LogP contribution is -2.31. The highest BCUT2D eigenvalue weighted by molar-refractivity contribution is 5.82. The Morgan fingerprint density at radius 3 is 2.43 bits per heavy atom. The zero-order valence-electron chi connectivity index (χ0n) is 9.89. The lowest BCUT2D eigenvalue weighted by molar-refractivity contribution is -0.127. The summed E-state index contributed by atoms with van der Waals surface area (Å²) in [6.45, 7) is 7.92. The van der Waals surface area contributed by atoms with E-state index < -0.39 is 0 Å². The number of carbonyl (C=O) groups excluding carboxylic acids is 1. The Kier molecular flexibility index (Phi) is 6.26. The van der Waals surface area contributed by atoms with Crippen LogP contribution >= 0.6 is 0 Å². The molecule has 0 saturated heterocycles. The number of carbonyl (C=O) groups is 1. The lowest BCUT2D eigenvalue weighted by Gasteiger charge is -2.15. The molecule has 0 spiro atoms. The van der Waals surface area contributed by atoms with Crippen LogP contribution in [-0.2, 0) is 4.79 Å². The molecule has 0 atom stereocenters. The first-order valence-electron chi connectivity index (χ1n) is 5.44. The van der Waals surface area contributed by atoms with Crippen LogP contribution in [0.5, 0.6) is 0 Å². The van der Waals surface area contributed by atoms with E-state index in [1.807, 2.05) is 26.8 Å². The quantitative estimate of drug-likeness (QED) is 0.673. The minimum Gasteiger partial charge on any atom is -0.333 e. The van der Waals surface area contributed by atoms with Gasteiger partial charge in [0.05, 0.1) is 0 Å². The van der Waals surface area contributed by atoms with Gasteiger partial charge in [0.2, 0.25) is 5.91 Å². The molecule has 2 nitrogen and oxygen atoms in total. The summed E-state index contributed by atoms with van der Waals surface area (Å²) in [4.78, 5) is 11.4. The van der Waals surface area contributed by atoms with Crippen molar-refractivity contribution in [3.05, 3.63) is 12.3 Å². The van der Waals surface area contributed by atoms with Crippen LogP contribution in [0.2, 0.25) is 0 Å². The van der Waals surface area contributed by atoms with Crippen LogP contribution in [0.1, 0.15) is 53.4 Å². The third-order valence-electron chi connectivity index (χ3n) is 1.99. The maximum absolute atomic E-state index is 11.4. The van der Waals surface area contributed by atoms with Crippen molar-refractivity contribution in [2.45, 2.75) is 53.4 Å². The van der Waals surface area contributed by atoms with E-state index in [0.29, 0.717) is 0 Å². The van der Waals surface area contributed by atoms with Crippen molar-refractivity contribution in [1.29, 1.82) is 0 Å². The molecule has 2 heteroatoms. The summed E-state index contributed by atoms with van der Waals surface area (Å²) in [5.74, 6) is 0.0734. The van der Waals surface area contributed by atoms with Gasteiger partial charge < -0.3 is 5.32 Å². The monoisotopic (exact) mass is 197 g/mol. The van der Waals surface area contributed by atoms with Crippen LogP contribution in [0.3, 0.4) is 0 Å². The Morgan fingerprint density at radius 1 is 1.29 bits per heavy atom. The van der Waals surface area contributed by atoms with Crippen LogP contribution in [0.4, 0.5) is 0 Å². The van der Waals surface area contributed by atoms with Crippen LogP contribution in [0.15, 0.2) is 12.3 Å². The van der Waals surface area contributed by atoms with Gasteiger partial charge in [-0.15, -0.1) is 0 Å². The smallest absolute Gasteiger partial charge is 0.229 e. The van der Waals surface area contributed by atoms with E-state index in [0.717, 1.165) is 6.42 Å². The molecule has 0 rings (SSSR count). The second-order valence-corrected chi connectivity index (χ2v) is 4.62. The van der Waals surface area contributed by atoms with E-state index in [9.17, 15) is 4.79 Å². The van der Waals surface area contributed by atoms with E-state index in [-0.39, 0.29) is 11.3 Å². The zero-order chi connectivity index (χ0) is 11.0. The number of rotatable bonds is 5. The van der Waals surface area contributed by atoms with Crippen LogP contribution in [0, 0.1) is 5.41 Å². The predicted molar refractivity (Wildman–Crippen MR) is 60.9 cm³/mol. The molecule has 0 aromatic rings. The lowest BCUT2D eigenvalue weighted by atomic mass is 9.96. The standard InChI is InChI=1S/C12H23NO/c1-5-6-7-8-9-10-13-11(14)12(2,3)4/h9-10H,5-8H2,1-4H3,(H,13,14)/b10-9+. The molecule has 0 bridgehead atoms. The minimum absolute atomic E-state index is 0.0734. The molecule has 82 valence electrons. The van der Waals surface area contributed by atoms with Crippen LogP contribution in [-0.4, -0.2) is 5.91 Å². The number of allylic oxidation sites excluding steroid dienone is 1. The van der Waals surface area contributed by atoms with Crippen molar-refractivity contribution in [2.24, 2.45) is 5.41 Å². The summed E-state index contributed by atoms with van der Waals surface area (Å²) in [5.41, 5.74) is -0.298. The van der Waals surface area contributed by atoms with Crippen molar-refractivity contribution in [3.63, 3.8) is 0 Å². The molecule has 0 unspecified atom stereocenters. The summed E-state index contributed by atoms with van der Waals surface area (Å²) in [6.07, 6.45) is 8.55.